The standard InChI is InChI=1S/C20H26N4S/c1-15-16(2)25-19(23-15)14-22-20(21-3)24-11-9-18(10-12-24)13-17-7-5-4-6-8-17/h4-8,13H,9-12,14H2,1-3H3,(H,21,22). The lowest BCUT2D eigenvalue weighted by molar-refractivity contribution is 0.375. The van der Waals surface area contributed by atoms with Gasteiger partial charge in [0.15, 0.2) is 5.96 Å². The van der Waals surface area contributed by atoms with Gasteiger partial charge in [0.2, 0.25) is 0 Å². The summed E-state index contributed by atoms with van der Waals surface area (Å²) in [6.07, 6.45) is 4.50. The minimum absolute atomic E-state index is 0.745. The van der Waals surface area contributed by atoms with Crippen LogP contribution in [0.15, 0.2) is 40.9 Å². The monoisotopic (exact) mass is 354 g/mol. The first-order valence-corrected chi connectivity index (χ1v) is 9.60. The fourth-order valence-electron chi connectivity index (χ4n) is 3.04. The van der Waals surface area contributed by atoms with Crippen LogP contribution in [0.2, 0.25) is 0 Å². The number of aryl methyl sites for hydroxylation is 2. The molecule has 132 valence electrons. The maximum atomic E-state index is 4.59. The van der Waals surface area contributed by atoms with Crippen molar-refractivity contribution in [1.29, 1.82) is 0 Å². The number of nitrogens with zero attached hydrogens (tertiary/aromatic N) is 3. The van der Waals surface area contributed by atoms with Gasteiger partial charge in [0.1, 0.15) is 5.01 Å². The van der Waals surface area contributed by atoms with Crippen molar-refractivity contribution >= 4 is 23.4 Å². The Balaban J connectivity index is 1.54. The summed E-state index contributed by atoms with van der Waals surface area (Å²) in [7, 11) is 1.86. The molecule has 5 heteroatoms. The lowest BCUT2D eigenvalue weighted by atomic mass is 10.0. The van der Waals surface area contributed by atoms with E-state index < -0.39 is 0 Å². The van der Waals surface area contributed by atoms with E-state index in [2.05, 4.69) is 70.4 Å². The molecule has 0 saturated carbocycles. The molecule has 1 fully saturated rings. The van der Waals surface area contributed by atoms with E-state index >= 15 is 0 Å². The zero-order valence-electron chi connectivity index (χ0n) is 15.2. The topological polar surface area (TPSA) is 40.5 Å². The summed E-state index contributed by atoms with van der Waals surface area (Å²) in [5.41, 5.74) is 3.94. The normalized spacial score (nSPS) is 15.4. The molecule has 0 radical (unpaired) electrons. The summed E-state index contributed by atoms with van der Waals surface area (Å²) < 4.78 is 0. The number of guanidine groups is 1. The summed E-state index contributed by atoms with van der Waals surface area (Å²) in [5.74, 6) is 0.976. The number of aromatic nitrogens is 1. The summed E-state index contributed by atoms with van der Waals surface area (Å²) >= 11 is 1.76. The third-order valence-corrected chi connectivity index (χ3v) is 5.63. The number of benzene rings is 1. The van der Waals surface area contributed by atoms with Gasteiger partial charge in [-0.15, -0.1) is 11.3 Å². The number of hydrogen-bond donors (Lipinski definition) is 1. The van der Waals surface area contributed by atoms with Crippen LogP contribution in [0.4, 0.5) is 0 Å². The number of aliphatic imine (C=N–C) groups is 1. The molecule has 2 aromatic rings. The van der Waals surface area contributed by atoms with E-state index in [0.717, 1.165) is 49.1 Å². The van der Waals surface area contributed by atoms with Crippen LogP contribution in [-0.4, -0.2) is 36.0 Å². The molecule has 0 unspecified atom stereocenters. The Morgan fingerprint density at radius 3 is 2.56 bits per heavy atom. The molecule has 0 atom stereocenters. The molecule has 3 rings (SSSR count). The smallest absolute Gasteiger partial charge is 0.194 e. The first kappa shape index (κ1) is 17.7. The number of thiazole rings is 1. The van der Waals surface area contributed by atoms with Crippen LogP contribution in [0, 0.1) is 13.8 Å². The van der Waals surface area contributed by atoms with Crippen molar-refractivity contribution in [2.45, 2.75) is 33.2 Å². The Kier molecular flexibility index (Phi) is 5.87. The van der Waals surface area contributed by atoms with Crippen molar-refractivity contribution in [3.8, 4) is 0 Å². The summed E-state index contributed by atoms with van der Waals surface area (Å²) in [6, 6.07) is 10.6. The van der Waals surface area contributed by atoms with E-state index in [1.165, 1.54) is 16.0 Å². The first-order chi connectivity index (χ1) is 12.2. The highest BCUT2D eigenvalue weighted by molar-refractivity contribution is 7.11. The van der Waals surface area contributed by atoms with Crippen LogP contribution < -0.4 is 5.32 Å². The maximum absolute atomic E-state index is 4.59. The number of hydrogen-bond acceptors (Lipinski definition) is 3. The van der Waals surface area contributed by atoms with Crippen molar-refractivity contribution in [1.82, 2.24) is 15.2 Å². The minimum atomic E-state index is 0.745. The Labute approximate surface area is 154 Å². The van der Waals surface area contributed by atoms with E-state index in [-0.39, 0.29) is 0 Å². The third kappa shape index (κ3) is 4.69. The van der Waals surface area contributed by atoms with E-state index in [4.69, 9.17) is 0 Å². The van der Waals surface area contributed by atoms with E-state index in [1.54, 1.807) is 11.3 Å². The van der Waals surface area contributed by atoms with Crippen molar-refractivity contribution in [2.24, 2.45) is 4.99 Å². The van der Waals surface area contributed by atoms with Gasteiger partial charge >= 0.3 is 0 Å². The van der Waals surface area contributed by atoms with E-state index in [9.17, 15) is 0 Å². The SMILES string of the molecule is CN=C(NCc1nc(C)c(C)s1)N1CCC(=Cc2ccccc2)CC1. The molecular formula is C20H26N4S. The van der Waals surface area contributed by atoms with Gasteiger partial charge < -0.3 is 10.2 Å². The highest BCUT2D eigenvalue weighted by Crippen LogP contribution is 2.20. The van der Waals surface area contributed by atoms with E-state index in [0.29, 0.717) is 0 Å². The summed E-state index contributed by atoms with van der Waals surface area (Å²) in [6.45, 7) is 6.95. The second-order valence-electron chi connectivity index (χ2n) is 6.35. The van der Waals surface area contributed by atoms with Crippen molar-refractivity contribution in [3.63, 3.8) is 0 Å². The fourth-order valence-corrected chi connectivity index (χ4v) is 3.91. The predicted octanol–water partition coefficient (Wildman–Crippen LogP) is 4.01. The Morgan fingerprint density at radius 2 is 1.96 bits per heavy atom. The van der Waals surface area contributed by atoms with Gasteiger partial charge in [-0.1, -0.05) is 42.0 Å². The third-order valence-electron chi connectivity index (χ3n) is 4.56. The number of nitrogens with one attached hydrogen (secondary N) is 1. The largest absolute Gasteiger partial charge is 0.350 e. The van der Waals surface area contributed by atoms with Gasteiger partial charge in [-0.2, -0.15) is 0 Å². The molecule has 4 nitrogen and oxygen atoms in total. The molecule has 0 bridgehead atoms. The number of piperidine rings is 1. The molecule has 1 aromatic carbocycles. The van der Waals surface area contributed by atoms with Gasteiger partial charge in [-0.3, -0.25) is 4.99 Å². The van der Waals surface area contributed by atoms with Crippen LogP contribution in [-0.2, 0) is 6.54 Å². The first-order valence-electron chi connectivity index (χ1n) is 8.78. The quantitative estimate of drug-likeness (QED) is 0.669. The lowest BCUT2D eigenvalue weighted by Gasteiger charge is -2.31. The van der Waals surface area contributed by atoms with Gasteiger partial charge in [0, 0.05) is 25.0 Å². The van der Waals surface area contributed by atoms with Crippen LogP contribution in [0.5, 0.6) is 0 Å². The Bertz CT molecular complexity index is 732. The molecule has 0 spiro atoms. The predicted molar refractivity (Wildman–Crippen MR) is 107 cm³/mol. The maximum Gasteiger partial charge on any atom is 0.194 e. The highest BCUT2D eigenvalue weighted by Gasteiger charge is 2.17. The molecule has 1 aromatic heterocycles. The summed E-state index contributed by atoms with van der Waals surface area (Å²) in [5, 5.41) is 4.59. The molecule has 1 aliphatic rings. The molecule has 0 aliphatic carbocycles. The Hall–Kier alpha value is -2.14. The molecule has 25 heavy (non-hydrogen) atoms. The number of likely N-dealkylation sites (tertiary alicyclic amines) is 1. The van der Waals surface area contributed by atoms with Crippen LogP contribution in [0.25, 0.3) is 6.08 Å². The molecule has 1 saturated heterocycles. The van der Waals surface area contributed by atoms with Crippen molar-refractivity contribution in [3.05, 3.63) is 57.0 Å². The Morgan fingerprint density at radius 1 is 1.24 bits per heavy atom. The number of rotatable bonds is 3. The highest BCUT2D eigenvalue weighted by atomic mass is 32.1. The molecule has 0 amide bonds. The van der Waals surface area contributed by atoms with Crippen molar-refractivity contribution < 1.29 is 0 Å². The van der Waals surface area contributed by atoms with Gasteiger partial charge in [0.25, 0.3) is 0 Å². The molecule has 1 aliphatic heterocycles. The second kappa shape index (κ2) is 8.30. The summed E-state index contributed by atoms with van der Waals surface area (Å²) in [4.78, 5) is 12.7. The minimum Gasteiger partial charge on any atom is -0.350 e. The fraction of sp³-hybridized carbons (Fsp3) is 0.400. The molecule has 1 N–H and O–H groups in total. The average molecular weight is 355 g/mol. The zero-order valence-corrected chi connectivity index (χ0v) is 16.1. The van der Waals surface area contributed by atoms with Crippen LogP contribution in [0.3, 0.4) is 0 Å². The van der Waals surface area contributed by atoms with Crippen molar-refractivity contribution in [2.75, 3.05) is 20.1 Å². The average Bonchev–Trinajstić information content (AvgIpc) is 2.95. The van der Waals surface area contributed by atoms with Crippen LogP contribution >= 0.6 is 11.3 Å². The van der Waals surface area contributed by atoms with Gasteiger partial charge in [-0.05, 0) is 32.3 Å². The lowest BCUT2D eigenvalue weighted by Crippen LogP contribution is -2.44. The zero-order chi connectivity index (χ0) is 17.6. The molecular weight excluding hydrogens is 328 g/mol. The van der Waals surface area contributed by atoms with E-state index in [1.807, 2.05) is 7.05 Å². The van der Waals surface area contributed by atoms with Gasteiger partial charge in [0.05, 0.1) is 12.2 Å². The van der Waals surface area contributed by atoms with Gasteiger partial charge in [-0.25, -0.2) is 4.98 Å². The van der Waals surface area contributed by atoms with Crippen LogP contribution in [0.1, 0.15) is 34.0 Å². The molecule has 2 heterocycles. The second-order valence-corrected chi connectivity index (χ2v) is 7.64.